The zero-order valence-electron chi connectivity index (χ0n) is 19.3. The Morgan fingerprint density at radius 1 is 1.19 bits per heavy atom. The number of carbonyl (C=O) groups excluding carboxylic acids is 1. The lowest BCUT2D eigenvalue weighted by molar-refractivity contribution is -0.122. The summed E-state index contributed by atoms with van der Waals surface area (Å²) in [5.41, 5.74) is 2.63. The van der Waals surface area contributed by atoms with E-state index < -0.39 is 0 Å². The molecule has 2 aromatic rings. The predicted octanol–water partition coefficient (Wildman–Crippen LogP) is 1.90. The number of pyridine rings is 1. The van der Waals surface area contributed by atoms with Crippen LogP contribution in [-0.4, -0.2) is 91.5 Å². The number of piperidine rings is 1. The Balaban J connectivity index is 1.35. The van der Waals surface area contributed by atoms with E-state index in [1.165, 1.54) is 5.56 Å². The molecular weight excluding hydrogens is 400 g/mol. The lowest BCUT2D eigenvalue weighted by Crippen LogP contribution is -2.48. The van der Waals surface area contributed by atoms with Gasteiger partial charge < -0.3 is 10.2 Å². The van der Waals surface area contributed by atoms with Crippen molar-refractivity contribution in [1.29, 1.82) is 5.26 Å². The highest BCUT2D eigenvalue weighted by molar-refractivity contribution is 5.87. The van der Waals surface area contributed by atoms with Gasteiger partial charge in [0.25, 0.3) is 0 Å². The molecule has 4 rings (SSSR count). The maximum atomic E-state index is 12.6. The molecule has 32 heavy (non-hydrogen) atoms. The van der Waals surface area contributed by atoms with E-state index in [2.05, 4.69) is 57.2 Å². The first-order valence-corrected chi connectivity index (χ1v) is 11.7. The number of likely N-dealkylation sites (tertiary alicyclic amines) is 1. The third kappa shape index (κ3) is 5.44. The Bertz CT molecular complexity index is 978. The van der Waals surface area contributed by atoms with E-state index >= 15 is 0 Å². The molecule has 0 radical (unpaired) electrons. The Kier molecular flexibility index (Phi) is 7.36. The van der Waals surface area contributed by atoms with Gasteiger partial charge in [-0.15, -0.1) is 0 Å². The smallest absolute Gasteiger partial charge is 0.234 e. The number of hydrogen-bond donors (Lipinski definition) is 1. The molecule has 3 heterocycles. The van der Waals surface area contributed by atoms with Crippen LogP contribution in [0.5, 0.6) is 0 Å². The Labute approximate surface area is 191 Å². The van der Waals surface area contributed by atoms with Gasteiger partial charge in [-0.2, -0.15) is 5.26 Å². The molecule has 0 unspecified atom stereocenters. The Morgan fingerprint density at radius 3 is 2.78 bits per heavy atom. The van der Waals surface area contributed by atoms with Crippen molar-refractivity contribution >= 4 is 16.8 Å². The average Bonchev–Trinajstić information content (AvgIpc) is 2.79. The number of nitrogens with zero attached hydrogens (tertiary/aromatic N) is 5. The molecule has 2 fully saturated rings. The largest absolute Gasteiger partial charge is 0.354 e. The maximum absolute atomic E-state index is 12.6. The highest BCUT2D eigenvalue weighted by atomic mass is 16.2. The van der Waals surface area contributed by atoms with Crippen molar-refractivity contribution in [2.24, 2.45) is 5.92 Å². The quantitative estimate of drug-likeness (QED) is 0.748. The van der Waals surface area contributed by atoms with E-state index in [1.807, 2.05) is 12.1 Å². The van der Waals surface area contributed by atoms with Crippen LogP contribution in [0.3, 0.4) is 0 Å². The molecule has 1 amide bonds. The van der Waals surface area contributed by atoms with Crippen LogP contribution in [0, 0.1) is 17.2 Å². The minimum atomic E-state index is 0.110. The van der Waals surface area contributed by atoms with Crippen LogP contribution in [0.2, 0.25) is 0 Å². The number of nitrogens with one attached hydrogen (secondary N) is 1. The fourth-order valence-electron chi connectivity index (χ4n) is 5.14. The predicted molar refractivity (Wildman–Crippen MR) is 126 cm³/mol. The number of hydrogen-bond acceptors (Lipinski definition) is 6. The summed E-state index contributed by atoms with van der Waals surface area (Å²) in [7, 11) is 2.16. The van der Waals surface area contributed by atoms with Gasteiger partial charge in [0.05, 0.1) is 17.6 Å². The average molecular weight is 435 g/mol. The molecule has 2 atom stereocenters. The van der Waals surface area contributed by atoms with Crippen molar-refractivity contribution in [3.05, 3.63) is 41.6 Å². The zero-order chi connectivity index (χ0) is 22.5. The van der Waals surface area contributed by atoms with Crippen molar-refractivity contribution in [2.75, 3.05) is 66.0 Å². The standard InChI is InChI=1S/C25H34N6O/c1-19-14-21(22-6-5-20(15-26)25-23(22)4-3-7-28-25)17-31(16-19)18-24(32)27-8-9-30-12-10-29(2)11-13-30/h3-7,19,21H,8-14,16-18H2,1-2H3,(H,27,32)/t19-,21+/m1/s1. The molecule has 0 aliphatic carbocycles. The highest BCUT2D eigenvalue weighted by Crippen LogP contribution is 2.34. The number of benzene rings is 1. The maximum Gasteiger partial charge on any atom is 0.234 e. The van der Waals surface area contributed by atoms with Gasteiger partial charge in [0.2, 0.25) is 5.91 Å². The summed E-state index contributed by atoms with van der Waals surface area (Å²) in [5.74, 6) is 0.948. The van der Waals surface area contributed by atoms with Gasteiger partial charge in [0, 0.05) is 63.9 Å². The summed E-state index contributed by atoms with van der Waals surface area (Å²) in [6.07, 6.45) is 2.83. The normalized spacial score (nSPS) is 23.2. The van der Waals surface area contributed by atoms with E-state index in [0.29, 0.717) is 30.5 Å². The number of fused-ring (bicyclic) bond motifs is 1. The highest BCUT2D eigenvalue weighted by Gasteiger charge is 2.28. The summed E-state index contributed by atoms with van der Waals surface area (Å²) in [6, 6.07) is 10.2. The van der Waals surface area contributed by atoms with Crippen molar-refractivity contribution in [3.63, 3.8) is 0 Å². The minimum absolute atomic E-state index is 0.110. The number of piperazine rings is 1. The lowest BCUT2D eigenvalue weighted by atomic mass is 9.83. The van der Waals surface area contributed by atoms with Crippen LogP contribution in [-0.2, 0) is 4.79 Å². The van der Waals surface area contributed by atoms with E-state index in [9.17, 15) is 10.1 Å². The first kappa shape index (κ1) is 22.7. The van der Waals surface area contributed by atoms with E-state index in [4.69, 9.17) is 0 Å². The second-order valence-corrected chi connectivity index (χ2v) is 9.44. The van der Waals surface area contributed by atoms with Crippen molar-refractivity contribution in [3.8, 4) is 6.07 Å². The number of amides is 1. The van der Waals surface area contributed by atoms with Crippen LogP contribution >= 0.6 is 0 Å². The number of nitriles is 1. The second-order valence-electron chi connectivity index (χ2n) is 9.44. The van der Waals surface area contributed by atoms with Gasteiger partial charge in [-0.1, -0.05) is 19.1 Å². The SMILES string of the molecule is C[C@@H]1C[C@H](c2ccc(C#N)c3ncccc23)CN(CC(=O)NCCN2CCN(C)CC2)C1. The number of rotatable bonds is 6. The topological polar surface area (TPSA) is 75.5 Å². The van der Waals surface area contributed by atoms with Gasteiger partial charge in [-0.3, -0.25) is 19.6 Å². The summed E-state index contributed by atoms with van der Waals surface area (Å²) in [5, 5.41) is 13.6. The van der Waals surface area contributed by atoms with Crippen molar-refractivity contribution in [1.82, 2.24) is 25.0 Å². The fourth-order valence-corrected chi connectivity index (χ4v) is 5.14. The molecule has 2 aliphatic rings. The van der Waals surface area contributed by atoms with Crippen LogP contribution in [0.4, 0.5) is 0 Å². The fraction of sp³-hybridized carbons (Fsp3) is 0.560. The van der Waals surface area contributed by atoms with Crippen LogP contribution < -0.4 is 5.32 Å². The van der Waals surface area contributed by atoms with Gasteiger partial charge in [-0.05, 0) is 43.0 Å². The van der Waals surface area contributed by atoms with Gasteiger partial charge in [-0.25, -0.2) is 0 Å². The summed E-state index contributed by atoms with van der Waals surface area (Å²) < 4.78 is 0. The number of aromatic nitrogens is 1. The monoisotopic (exact) mass is 434 g/mol. The first-order valence-electron chi connectivity index (χ1n) is 11.7. The van der Waals surface area contributed by atoms with Crippen LogP contribution in [0.15, 0.2) is 30.5 Å². The summed E-state index contributed by atoms with van der Waals surface area (Å²) in [6.45, 7) is 10.5. The lowest BCUT2D eigenvalue weighted by Gasteiger charge is -2.37. The number of likely N-dealkylation sites (N-methyl/N-ethyl adjacent to an activating group) is 1. The molecule has 7 nitrogen and oxygen atoms in total. The van der Waals surface area contributed by atoms with E-state index in [-0.39, 0.29) is 5.91 Å². The zero-order valence-corrected chi connectivity index (χ0v) is 19.3. The van der Waals surface area contributed by atoms with Gasteiger partial charge in [0.1, 0.15) is 6.07 Å². The third-order valence-corrected chi connectivity index (χ3v) is 6.81. The van der Waals surface area contributed by atoms with Gasteiger partial charge in [0.15, 0.2) is 0 Å². The Hall–Kier alpha value is -2.53. The minimum Gasteiger partial charge on any atom is -0.354 e. The van der Waals surface area contributed by atoms with Crippen molar-refractivity contribution in [2.45, 2.75) is 19.3 Å². The molecular formula is C25H34N6O. The summed E-state index contributed by atoms with van der Waals surface area (Å²) in [4.78, 5) is 24.1. The summed E-state index contributed by atoms with van der Waals surface area (Å²) >= 11 is 0. The van der Waals surface area contributed by atoms with Crippen LogP contribution in [0.1, 0.15) is 30.4 Å². The number of carbonyl (C=O) groups is 1. The second kappa shape index (κ2) is 10.4. The molecule has 0 bridgehead atoms. The molecule has 1 aromatic heterocycles. The van der Waals surface area contributed by atoms with E-state index in [0.717, 1.165) is 63.1 Å². The molecule has 1 N–H and O–H groups in total. The molecule has 170 valence electrons. The van der Waals surface area contributed by atoms with E-state index in [1.54, 1.807) is 6.20 Å². The van der Waals surface area contributed by atoms with Crippen LogP contribution in [0.25, 0.3) is 10.9 Å². The molecule has 1 aromatic carbocycles. The van der Waals surface area contributed by atoms with Crippen molar-refractivity contribution < 1.29 is 4.79 Å². The molecule has 7 heteroatoms. The Morgan fingerprint density at radius 2 is 2.00 bits per heavy atom. The van der Waals surface area contributed by atoms with Gasteiger partial charge >= 0.3 is 0 Å². The molecule has 0 spiro atoms. The molecule has 0 saturated carbocycles. The molecule has 2 saturated heterocycles. The third-order valence-electron chi connectivity index (χ3n) is 6.81. The molecule has 2 aliphatic heterocycles. The first-order chi connectivity index (χ1) is 15.5.